The van der Waals surface area contributed by atoms with Crippen LogP contribution in [0.1, 0.15) is 50.8 Å². The SMILES string of the molecule is CC.CC.Cc1cc(CCC(=O)O)cc(C)c1Oc1ccccc1. The number of aryl methyl sites for hydroxylation is 3. The first-order valence-electron chi connectivity index (χ1n) is 8.61. The molecule has 2 aromatic rings. The molecule has 132 valence electrons. The molecule has 1 N–H and O–H groups in total. The summed E-state index contributed by atoms with van der Waals surface area (Å²) in [6.45, 7) is 12.0. The maximum atomic E-state index is 10.6. The molecule has 0 aromatic heterocycles. The lowest BCUT2D eigenvalue weighted by Crippen LogP contribution is -1.99. The van der Waals surface area contributed by atoms with Gasteiger partial charge in [0.1, 0.15) is 11.5 Å². The molecule has 0 aliphatic heterocycles. The fourth-order valence-electron chi connectivity index (χ4n) is 2.20. The second-order valence-electron chi connectivity index (χ2n) is 4.87. The molecule has 0 atom stereocenters. The molecular weight excluding hydrogens is 300 g/mol. The molecule has 3 nitrogen and oxygen atoms in total. The minimum atomic E-state index is -0.773. The highest BCUT2D eigenvalue weighted by Crippen LogP contribution is 2.30. The quantitative estimate of drug-likeness (QED) is 0.713. The van der Waals surface area contributed by atoms with E-state index in [0.717, 1.165) is 28.2 Å². The van der Waals surface area contributed by atoms with Crippen molar-refractivity contribution in [1.82, 2.24) is 0 Å². The van der Waals surface area contributed by atoms with Crippen molar-refractivity contribution in [1.29, 1.82) is 0 Å². The Hall–Kier alpha value is -2.29. The van der Waals surface area contributed by atoms with Gasteiger partial charge < -0.3 is 9.84 Å². The van der Waals surface area contributed by atoms with Gasteiger partial charge in [0, 0.05) is 6.42 Å². The summed E-state index contributed by atoms with van der Waals surface area (Å²) in [4.78, 5) is 10.6. The van der Waals surface area contributed by atoms with Gasteiger partial charge in [0.25, 0.3) is 0 Å². The van der Waals surface area contributed by atoms with Crippen LogP contribution in [0, 0.1) is 13.8 Å². The van der Waals surface area contributed by atoms with Crippen LogP contribution in [0.2, 0.25) is 0 Å². The van der Waals surface area contributed by atoms with Crippen LogP contribution < -0.4 is 4.74 Å². The largest absolute Gasteiger partial charge is 0.481 e. The molecule has 2 aromatic carbocycles. The average molecular weight is 330 g/mol. The standard InChI is InChI=1S/C17H18O3.2C2H6/c1-12-10-14(8-9-16(18)19)11-13(2)17(12)20-15-6-4-3-5-7-15;2*1-2/h3-7,10-11H,8-9H2,1-2H3,(H,18,19);2*1-2H3. The highest BCUT2D eigenvalue weighted by Gasteiger charge is 2.08. The predicted molar refractivity (Wildman–Crippen MR) is 101 cm³/mol. The lowest BCUT2D eigenvalue weighted by Gasteiger charge is -2.13. The number of aliphatic carboxylic acids is 1. The van der Waals surface area contributed by atoms with Crippen molar-refractivity contribution in [3.05, 3.63) is 59.2 Å². The fraction of sp³-hybridized carbons (Fsp3) is 0.381. The lowest BCUT2D eigenvalue weighted by atomic mass is 10.0. The first-order valence-corrected chi connectivity index (χ1v) is 8.61. The van der Waals surface area contributed by atoms with E-state index in [4.69, 9.17) is 9.84 Å². The second-order valence-corrected chi connectivity index (χ2v) is 4.87. The van der Waals surface area contributed by atoms with Crippen molar-refractivity contribution in [2.75, 3.05) is 0 Å². The van der Waals surface area contributed by atoms with Gasteiger partial charge in [-0.25, -0.2) is 0 Å². The van der Waals surface area contributed by atoms with Crippen LogP contribution in [0.25, 0.3) is 0 Å². The van der Waals surface area contributed by atoms with Gasteiger partial charge in [-0.3, -0.25) is 4.79 Å². The Bertz CT molecular complexity index is 581. The van der Waals surface area contributed by atoms with E-state index in [0.29, 0.717) is 6.42 Å². The van der Waals surface area contributed by atoms with Crippen LogP contribution >= 0.6 is 0 Å². The number of benzene rings is 2. The fourth-order valence-corrected chi connectivity index (χ4v) is 2.20. The Morgan fingerprint density at radius 3 is 1.92 bits per heavy atom. The van der Waals surface area contributed by atoms with E-state index in [2.05, 4.69) is 0 Å². The number of carbonyl (C=O) groups is 1. The maximum Gasteiger partial charge on any atom is 0.303 e. The highest BCUT2D eigenvalue weighted by atomic mass is 16.5. The summed E-state index contributed by atoms with van der Waals surface area (Å²) in [5.41, 5.74) is 3.08. The summed E-state index contributed by atoms with van der Waals surface area (Å²) in [6.07, 6.45) is 0.695. The van der Waals surface area contributed by atoms with E-state index in [-0.39, 0.29) is 6.42 Å². The van der Waals surface area contributed by atoms with Crippen molar-refractivity contribution in [3.8, 4) is 11.5 Å². The van der Waals surface area contributed by atoms with Crippen LogP contribution in [-0.4, -0.2) is 11.1 Å². The van der Waals surface area contributed by atoms with E-state index >= 15 is 0 Å². The van der Waals surface area contributed by atoms with Crippen molar-refractivity contribution in [2.24, 2.45) is 0 Å². The van der Waals surface area contributed by atoms with Crippen molar-refractivity contribution < 1.29 is 14.6 Å². The predicted octanol–water partition coefficient (Wildman–Crippen LogP) is 6.17. The molecule has 0 amide bonds. The van der Waals surface area contributed by atoms with Crippen LogP contribution in [0.15, 0.2) is 42.5 Å². The highest BCUT2D eigenvalue weighted by molar-refractivity contribution is 5.67. The number of para-hydroxylation sites is 1. The zero-order valence-corrected chi connectivity index (χ0v) is 15.7. The second kappa shape index (κ2) is 12.2. The molecule has 0 bridgehead atoms. The number of carboxylic acid groups (broad SMARTS) is 1. The Kier molecular flexibility index (Phi) is 11.0. The topological polar surface area (TPSA) is 46.5 Å². The zero-order chi connectivity index (χ0) is 18.5. The molecule has 0 saturated carbocycles. The van der Waals surface area contributed by atoms with Crippen LogP contribution in [0.3, 0.4) is 0 Å². The molecule has 2 rings (SSSR count). The van der Waals surface area contributed by atoms with Gasteiger partial charge >= 0.3 is 5.97 Å². The summed E-state index contributed by atoms with van der Waals surface area (Å²) in [6, 6.07) is 13.6. The minimum Gasteiger partial charge on any atom is -0.481 e. The van der Waals surface area contributed by atoms with E-state index in [1.807, 2.05) is 84.0 Å². The first-order chi connectivity index (χ1) is 11.6. The molecule has 24 heavy (non-hydrogen) atoms. The van der Waals surface area contributed by atoms with Gasteiger partial charge in [0.05, 0.1) is 0 Å². The average Bonchev–Trinajstić information content (AvgIpc) is 2.61. The van der Waals surface area contributed by atoms with E-state index < -0.39 is 5.97 Å². The number of carboxylic acids is 1. The third kappa shape index (κ3) is 7.32. The molecular formula is C21H30O3. The molecule has 3 heteroatoms. The Morgan fingerprint density at radius 2 is 1.46 bits per heavy atom. The van der Waals surface area contributed by atoms with Gasteiger partial charge in [0.2, 0.25) is 0 Å². The molecule has 0 radical (unpaired) electrons. The summed E-state index contributed by atoms with van der Waals surface area (Å²) < 4.78 is 5.90. The van der Waals surface area contributed by atoms with E-state index in [1.165, 1.54) is 0 Å². The molecule has 0 aliphatic rings. The van der Waals surface area contributed by atoms with E-state index in [9.17, 15) is 4.79 Å². The maximum absolute atomic E-state index is 10.6. The first kappa shape index (κ1) is 21.7. The van der Waals surface area contributed by atoms with Crippen LogP contribution in [0.4, 0.5) is 0 Å². The van der Waals surface area contributed by atoms with Crippen molar-refractivity contribution in [2.45, 2.75) is 54.4 Å². The third-order valence-corrected chi connectivity index (χ3v) is 3.11. The molecule has 0 spiro atoms. The Morgan fingerprint density at radius 1 is 0.958 bits per heavy atom. The lowest BCUT2D eigenvalue weighted by molar-refractivity contribution is -0.136. The molecule has 0 aliphatic carbocycles. The summed E-state index contributed by atoms with van der Waals surface area (Å²) in [7, 11) is 0. The molecule has 0 heterocycles. The number of hydrogen-bond donors (Lipinski definition) is 1. The third-order valence-electron chi connectivity index (χ3n) is 3.11. The van der Waals surface area contributed by atoms with Gasteiger partial charge in [0.15, 0.2) is 0 Å². The number of ether oxygens (including phenoxy) is 1. The van der Waals surface area contributed by atoms with Gasteiger partial charge in [-0.2, -0.15) is 0 Å². The van der Waals surface area contributed by atoms with Gasteiger partial charge in [-0.1, -0.05) is 58.0 Å². The number of rotatable bonds is 5. The smallest absolute Gasteiger partial charge is 0.303 e. The van der Waals surface area contributed by atoms with Crippen molar-refractivity contribution in [3.63, 3.8) is 0 Å². The Labute approximate surface area is 146 Å². The van der Waals surface area contributed by atoms with Crippen LogP contribution in [0.5, 0.6) is 11.5 Å². The molecule has 0 unspecified atom stereocenters. The normalized spacial score (nSPS) is 9.08. The summed E-state index contributed by atoms with van der Waals surface area (Å²) in [5.74, 6) is 0.872. The van der Waals surface area contributed by atoms with Gasteiger partial charge in [-0.05, 0) is 49.1 Å². The summed E-state index contributed by atoms with van der Waals surface area (Å²) in [5, 5.41) is 8.74. The van der Waals surface area contributed by atoms with E-state index in [1.54, 1.807) is 0 Å². The Balaban J connectivity index is 0.00000123. The molecule has 0 saturated heterocycles. The monoisotopic (exact) mass is 330 g/mol. The van der Waals surface area contributed by atoms with Gasteiger partial charge in [-0.15, -0.1) is 0 Å². The number of hydrogen-bond acceptors (Lipinski definition) is 2. The molecule has 0 fully saturated rings. The zero-order valence-electron chi connectivity index (χ0n) is 15.7. The van der Waals surface area contributed by atoms with Crippen molar-refractivity contribution >= 4 is 5.97 Å². The van der Waals surface area contributed by atoms with Crippen LogP contribution in [-0.2, 0) is 11.2 Å². The summed E-state index contributed by atoms with van der Waals surface area (Å²) >= 11 is 0. The minimum absolute atomic E-state index is 0.151.